The first kappa shape index (κ1) is 12.1. The number of hydrogen-bond acceptors (Lipinski definition) is 2. The Labute approximate surface area is 110 Å². The Balaban J connectivity index is 1.79. The van der Waals surface area contributed by atoms with E-state index < -0.39 is 0 Å². The second-order valence-corrected chi connectivity index (χ2v) is 6.33. The van der Waals surface area contributed by atoms with Crippen LogP contribution in [0.2, 0.25) is 0 Å². The second kappa shape index (κ2) is 4.60. The molecular formula is C15H25N3. The number of nitrogen functional groups attached to an aromatic ring is 1. The standard InChI is InChI=1S/C15H25N3/c1-10-14(17-18(2)15(10)16)13-8-7-11-5-3-4-6-12(11)9-13/h11-13H,3-9,16H2,1-2H3. The molecule has 3 rings (SSSR count). The van der Waals surface area contributed by atoms with Crippen molar-refractivity contribution < 1.29 is 0 Å². The molecule has 2 aliphatic carbocycles. The lowest BCUT2D eigenvalue weighted by molar-refractivity contribution is 0.154. The zero-order valence-corrected chi connectivity index (χ0v) is 11.7. The number of rotatable bonds is 1. The minimum Gasteiger partial charge on any atom is -0.384 e. The quantitative estimate of drug-likeness (QED) is 0.826. The van der Waals surface area contributed by atoms with Gasteiger partial charge in [0, 0.05) is 18.5 Å². The largest absolute Gasteiger partial charge is 0.384 e. The van der Waals surface area contributed by atoms with Crippen molar-refractivity contribution in [2.24, 2.45) is 18.9 Å². The Morgan fingerprint density at radius 2 is 1.83 bits per heavy atom. The summed E-state index contributed by atoms with van der Waals surface area (Å²) in [4.78, 5) is 0. The maximum atomic E-state index is 6.04. The molecule has 2 aliphatic rings. The van der Waals surface area contributed by atoms with Gasteiger partial charge in [0.15, 0.2) is 0 Å². The van der Waals surface area contributed by atoms with Crippen LogP contribution in [-0.2, 0) is 7.05 Å². The first-order valence-corrected chi connectivity index (χ1v) is 7.45. The molecule has 0 aliphatic heterocycles. The molecule has 3 unspecified atom stereocenters. The number of aromatic nitrogens is 2. The van der Waals surface area contributed by atoms with E-state index in [2.05, 4.69) is 12.0 Å². The van der Waals surface area contributed by atoms with Crippen molar-refractivity contribution in [3.05, 3.63) is 11.3 Å². The Bertz CT molecular complexity index is 435. The topological polar surface area (TPSA) is 43.8 Å². The maximum Gasteiger partial charge on any atom is 0.124 e. The minimum absolute atomic E-state index is 0.660. The summed E-state index contributed by atoms with van der Waals surface area (Å²) < 4.78 is 1.84. The third-order valence-electron chi connectivity index (χ3n) is 5.30. The van der Waals surface area contributed by atoms with Crippen molar-refractivity contribution >= 4 is 5.82 Å². The molecule has 18 heavy (non-hydrogen) atoms. The third kappa shape index (κ3) is 1.94. The van der Waals surface area contributed by atoms with Crippen LogP contribution in [0.3, 0.4) is 0 Å². The van der Waals surface area contributed by atoms with Crippen LogP contribution in [0.1, 0.15) is 62.1 Å². The van der Waals surface area contributed by atoms with E-state index >= 15 is 0 Å². The number of fused-ring (bicyclic) bond motifs is 1. The monoisotopic (exact) mass is 247 g/mol. The Kier molecular flexibility index (Phi) is 3.08. The van der Waals surface area contributed by atoms with E-state index in [0.29, 0.717) is 5.92 Å². The van der Waals surface area contributed by atoms with Crippen molar-refractivity contribution in [2.45, 2.75) is 57.8 Å². The summed E-state index contributed by atoms with van der Waals surface area (Å²) in [5.74, 6) is 3.47. The summed E-state index contributed by atoms with van der Waals surface area (Å²) in [6.07, 6.45) is 9.90. The third-order valence-corrected chi connectivity index (χ3v) is 5.30. The Morgan fingerprint density at radius 1 is 1.11 bits per heavy atom. The summed E-state index contributed by atoms with van der Waals surface area (Å²) in [5, 5.41) is 4.66. The molecule has 2 N–H and O–H groups in total. The molecule has 2 fully saturated rings. The molecular weight excluding hydrogens is 222 g/mol. The number of hydrogen-bond donors (Lipinski definition) is 1. The van der Waals surface area contributed by atoms with Crippen molar-refractivity contribution in [1.29, 1.82) is 0 Å². The predicted octanol–water partition coefficient (Wildman–Crippen LogP) is 3.38. The van der Waals surface area contributed by atoms with Gasteiger partial charge >= 0.3 is 0 Å². The smallest absolute Gasteiger partial charge is 0.124 e. The van der Waals surface area contributed by atoms with Gasteiger partial charge in [0.25, 0.3) is 0 Å². The molecule has 0 saturated heterocycles. The lowest BCUT2D eigenvalue weighted by atomic mass is 9.67. The van der Waals surface area contributed by atoms with E-state index in [1.54, 1.807) is 0 Å². The minimum atomic E-state index is 0.660. The summed E-state index contributed by atoms with van der Waals surface area (Å²) in [7, 11) is 1.96. The van der Waals surface area contributed by atoms with E-state index in [1.807, 2.05) is 11.7 Å². The molecule has 3 heteroatoms. The van der Waals surface area contributed by atoms with Crippen molar-refractivity contribution in [3.63, 3.8) is 0 Å². The number of anilines is 1. The van der Waals surface area contributed by atoms with Gasteiger partial charge in [-0.3, -0.25) is 4.68 Å². The highest BCUT2D eigenvalue weighted by Gasteiger charge is 2.34. The van der Waals surface area contributed by atoms with Crippen LogP contribution in [0.15, 0.2) is 0 Å². The highest BCUT2D eigenvalue weighted by Crippen LogP contribution is 2.46. The van der Waals surface area contributed by atoms with Gasteiger partial charge in [-0.15, -0.1) is 0 Å². The normalized spacial score (nSPS) is 32.2. The summed E-state index contributed by atoms with van der Waals surface area (Å²) in [5.41, 5.74) is 8.54. The highest BCUT2D eigenvalue weighted by atomic mass is 15.3. The molecule has 1 aromatic heterocycles. The zero-order valence-electron chi connectivity index (χ0n) is 11.7. The lowest BCUT2D eigenvalue weighted by Crippen LogP contribution is -2.27. The van der Waals surface area contributed by atoms with Crippen molar-refractivity contribution in [3.8, 4) is 0 Å². The van der Waals surface area contributed by atoms with Crippen LogP contribution >= 0.6 is 0 Å². The molecule has 1 heterocycles. The molecule has 0 spiro atoms. The van der Waals surface area contributed by atoms with E-state index in [9.17, 15) is 0 Å². The molecule has 0 amide bonds. The van der Waals surface area contributed by atoms with E-state index in [0.717, 1.165) is 17.7 Å². The van der Waals surface area contributed by atoms with Crippen LogP contribution in [0.5, 0.6) is 0 Å². The molecule has 3 nitrogen and oxygen atoms in total. The fraction of sp³-hybridized carbons (Fsp3) is 0.800. The second-order valence-electron chi connectivity index (χ2n) is 6.33. The van der Waals surface area contributed by atoms with Gasteiger partial charge in [0.1, 0.15) is 5.82 Å². The van der Waals surface area contributed by atoms with Crippen LogP contribution in [0.25, 0.3) is 0 Å². The number of nitrogens with two attached hydrogens (primary N) is 1. The van der Waals surface area contributed by atoms with Crippen LogP contribution in [0, 0.1) is 18.8 Å². The first-order valence-electron chi connectivity index (χ1n) is 7.45. The Hall–Kier alpha value is -0.990. The highest BCUT2D eigenvalue weighted by molar-refractivity contribution is 5.43. The summed E-state index contributed by atoms with van der Waals surface area (Å²) in [6.45, 7) is 2.13. The zero-order chi connectivity index (χ0) is 12.7. The Morgan fingerprint density at radius 3 is 2.50 bits per heavy atom. The van der Waals surface area contributed by atoms with Crippen molar-refractivity contribution in [2.75, 3.05) is 5.73 Å². The van der Waals surface area contributed by atoms with Gasteiger partial charge in [0.05, 0.1) is 5.69 Å². The average Bonchev–Trinajstić information content (AvgIpc) is 2.66. The van der Waals surface area contributed by atoms with Gasteiger partial charge in [-0.1, -0.05) is 25.7 Å². The molecule has 3 atom stereocenters. The fourth-order valence-corrected chi connectivity index (χ4v) is 4.17. The molecule has 100 valence electrons. The van der Waals surface area contributed by atoms with Gasteiger partial charge in [0.2, 0.25) is 0 Å². The van der Waals surface area contributed by atoms with Gasteiger partial charge in [-0.05, 0) is 38.0 Å². The van der Waals surface area contributed by atoms with Crippen LogP contribution in [-0.4, -0.2) is 9.78 Å². The molecule has 0 bridgehead atoms. The van der Waals surface area contributed by atoms with E-state index in [1.165, 1.54) is 56.2 Å². The van der Waals surface area contributed by atoms with E-state index in [-0.39, 0.29) is 0 Å². The molecule has 0 radical (unpaired) electrons. The molecule has 0 aromatic carbocycles. The molecule has 1 aromatic rings. The lowest BCUT2D eigenvalue weighted by Gasteiger charge is -2.39. The first-order chi connectivity index (χ1) is 8.66. The number of aryl methyl sites for hydroxylation is 1. The van der Waals surface area contributed by atoms with Crippen LogP contribution in [0.4, 0.5) is 5.82 Å². The predicted molar refractivity (Wildman–Crippen MR) is 74.4 cm³/mol. The number of nitrogens with zero attached hydrogens (tertiary/aromatic N) is 2. The maximum absolute atomic E-state index is 6.04. The van der Waals surface area contributed by atoms with Gasteiger partial charge in [-0.2, -0.15) is 5.10 Å². The summed E-state index contributed by atoms with van der Waals surface area (Å²) in [6, 6.07) is 0. The average molecular weight is 247 g/mol. The van der Waals surface area contributed by atoms with Gasteiger partial charge < -0.3 is 5.73 Å². The van der Waals surface area contributed by atoms with Crippen molar-refractivity contribution in [1.82, 2.24) is 9.78 Å². The van der Waals surface area contributed by atoms with E-state index in [4.69, 9.17) is 5.73 Å². The molecule has 2 saturated carbocycles. The summed E-state index contributed by atoms with van der Waals surface area (Å²) >= 11 is 0. The van der Waals surface area contributed by atoms with Gasteiger partial charge in [-0.25, -0.2) is 0 Å². The fourth-order valence-electron chi connectivity index (χ4n) is 4.17. The van der Waals surface area contributed by atoms with Crippen LogP contribution < -0.4 is 5.73 Å². The SMILES string of the molecule is Cc1c(C2CCC3CCCCC3C2)nn(C)c1N.